The lowest BCUT2D eigenvalue weighted by Crippen LogP contribution is -1.99. The number of rotatable bonds is 2. The third kappa shape index (κ3) is 2.63. The Morgan fingerprint density at radius 1 is 1.64 bits per heavy atom. The lowest BCUT2D eigenvalue weighted by Gasteiger charge is -1.92. The van der Waals surface area contributed by atoms with Gasteiger partial charge in [-0.2, -0.15) is 0 Å². The lowest BCUT2D eigenvalue weighted by molar-refractivity contribution is -0.497. The van der Waals surface area contributed by atoms with Crippen molar-refractivity contribution >= 4 is 15.9 Å². The molecule has 0 saturated heterocycles. The summed E-state index contributed by atoms with van der Waals surface area (Å²) in [6.45, 7) is -0.215. The number of pyridine rings is 1. The summed E-state index contributed by atoms with van der Waals surface area (Å²) >= 11 is 3.18. The zero-order chi connectivity index (χ0) is 8.27. The second-order valence-electron chi connectivity index (χ2n) is 1.96. The second kappa shape index (κ2) is 3.43. The van der Waals surface area contributed by atoms with Crippen LogP contribution in [0.15, 0.2) is 22.8 Å². The third-order valence-corrected chi connectivity index (χ3v) is 1.55. The van der Waals surface area contributed by atoms with Crippen molar-refractivity contribution in [1.82, 2.24) is 4.98 Å². The van der Waals surface area contributed by atoms with E-state index in [9.17, 15) is 10.1 Å². The lowest BCUT2D eigenvalue weighted by atomic mass is 10.4. The third-order valence-electron chi connectivity index (χ3n) is 1.08. The Hall–Kier alpha value is -0.970. The maximum Gasteiger partial charge on any atom is 0.245 e. The first-order valence-corrected chi connectivity index (χ1v) is 3.70. The largest absolute Gasteiger partial charge is 0.264 e. The molecule has 0 radical (unpaired) electrons. The van der Waals surface area contributed by atoms with Gasteiger partial charge in [0.15, 0.2) is 0 Å². The standard InChI is InChI=1S/C6H5BrN2O2/c7-5-1-2-6(8-3-5)4-9(10)11/h1-3H,4H2. The van der Waals surface area contributed by atoms with E-state index >= 15 is 0 Å². The van der Waals surface area contributed by atoms with Crippen molar-refractivity contribution in [3.63, 3.8) is 0 Å². The average molecular weight is 217 g/mol. The average Bonchev–Trinajstić information content (AvgIpc) is 1.93. The molecule has 0 atom stereocenters. The number of halogens is 1. The van der Waals surface area contributed by atoms with Gasteiger partial charge >= 0.3 is 0 Å². The Morgan fingerprint density at radius 3 is 2.82 bits per heavy atom. The van der Waals surface area contributed by atoms with Crippen LogP contribution >= 0.6 is 15.9 Å². The Balaban J connectivity index is 2.74. The molecule has 0 aromatic carbocycles. The molecule has 0 fully saturated rings. The normalized spacial score (nSPS) is 9.55. The Bertz CT molecular complexity index is 260. The van der Waals surface area contributed by atoms with Gasteiger partial charge in [-0.15, -0.1) is 0 Å². The van der Waals surface area contributed by atoms with Gasteiger partial charge in [-0.25, -0.2) is 0 Å². The van der Waals surface area contributed by atoms with Gasteiger partial charge in [0.1, 0.15) is 5.69 Å². The van der Waals surface area contributed by atoms with E-state index in [-0.39, 0.29) is 6.54 Å². The number of aromatic nitrogens is 1. The topological polar surface area (TPSA) is 56.0 Å². The van der Waals surface area contributed by atoms with Gasteiger partial charge < -0.3 is 0 Å². The van der Waals surface area contributed by atoms with Crippen LogP contribution in [0.2, 0.25) is 0 Å². The van der Waals surface area contributed by atoms with Crippen molar-refractivity contribution in [3.05, 3.63) is 38.6 Å². The first-order valence-electron chi connectivity index (χ1n) is 2.91. The summed E-state index contributed by atoms with van der Waals surface area (Å²) in [5, 5.41) is 10.0. The first kappa shape index (κ1) is 8.13. The Morgan fingerprint density at radius 2 is 2.36 bits per heavy atom. The highest BCUT2D eigenvalue weighted by atomic mass is 79.9. The molecule has 4 nitrogen and oxygen atoms in total. The number of nitrogens with zero attached hydrogens (tertiary/aromatic N) is 2. The molecule has 1 aromatic rings. The molecular weight excluding hydrogens is 212 g/mol. The second-order valence-corrected chi connectivity index (χ2v) is 2.87. The monoisotopic (exact) mass is 216 g/mol. The van der Waals surface area contributed by atoms with Crippen molar-refractivity contribution in [2.24, 2.45) is 0 Å². The molecular formula is C6H5BrN2O2. The van der Waals surface area contributed by atoms with Crippen LogP contribution in [0.25, 0.3) is 0 Å². The maximum atomic E-state index is 10.0. The van der Waals surface area contributed by atoms with Gasteiger partial charge in [0, 0.05) is 15.6 Å². The minimum atomic E-state index is -0.407. The fourth-order valence-corrected chi connectivity index (χ4v) is 0.867. The number of nitro groups is 1. The maximum absolute atomic E-state index is 10.0. The van der Waals surface area contributed by atoms with Crippen LogP contribution < -0.4 is 0 Å². The molecule has 0 spiro atoms. The van der Waals surface area contributed by atoms with Gasteiger partial charge in [0.25, 0.3) is 0 Å². The summed E-state index contributed by atoms with van der Waals surface area (Å²) in [4.78, 5) is 13.4. The minimum Gasteiger partial charge on any atom is -0.264 e. The molecule has 1 rings (SSSR count). The van der Waals surface area contributed by atoms with Crippen LogP contribution in [-0.2, 0) is 6.54 Å². The number of hydrogen-bond acceptors (Lipinski definition) is 3. The first-order chi connectivity index (χ1) is 5.18. The van der Waals surface area contributed by atoms with Crippen molar-refractivity contribution in [1.29, 1.82) is 0 Å². The van der Waals surface area contributed by atoms with Crippen molar-refractivity contribution < 1.29 is 4.92 Å². The van der Waals surface area contributed by atoms with Gasteiger partial charge in [-0.05, 0) is 28.1 Å². The van der Waals surface area contributed by atoms with Crippen LogP contribution in [0, 0.1) is 10.1 Å². The molecule has 11 heavy (non-hydrogen) atoms. The van der Waals surface area contributed by atoms with Crippen molar-refractivity contribution in [3.8, 4) is 0 Å². The molecule has 0 amide bonds. The van der Waals surface area contributed by atoms with Crippen LogP contribution in [0.5, 0.6) is 0 Å². The van der Waals surface area contributed by atoms with Gasteiger partial charge in [-0.3, -0.25) is 15.1 Å². The fourth-order valence-electron chi connectivity index (χ4n) is 0.632. The van der Waals surface area contributed by atoms with Crippen LogP contribution in [0.3, 0.4) is 0 Å². The van der Waals surface area contributed by atoms with Crippen molar-refractivity contribution in [2.75, 3.05) is 0 Å². The highest BCUT2D eigenvalue weighted by Gasteiger charge is 2.00. The molecule has 0 unspecified atom stereocenters. The van der Waals surface area contributed by atoms with Gasteiger partial charge in [0.2, 0.25) is 6.54 Å². The Kier molecular flexibility index (Phi) is 2.53. The SMILES string of the molecule is O=[N+]([O-])Cc1ccc(Br)cn1. The highest BCUT2D eigenvalue weighted by molar-refractivity contribution is 9.10. The molecule has 0 aliphatic heterocycles. The summed E-state index contributed by atoms with van der Waals surface area (Å²) < 4.78 is 0.824. The predicted molar refractivity (Wildman–Crippen MR) is 42.6 cm³/mol. The van der Waals surface area contributed by atoms with E-state index in [2.05, 4.69) is 20.9 Å². The van der Waals surface area contributed by atoms with E-state index in [0.29, 0.717) is 5.69 Å². The molecule has 1 aromatic heterocycles. The predicted octanol–water partition coefficient (Wildman–Crippen LogP) is 1.62. The summed E-state index contributed by atoms with van der Waals surface area (Å²) in [6.07, 6.45) is 1.54. The zero-order valence-electron chi connectivity index (χ0n) is 5.53. The zero-order valence-corrected chi connectivity index (χ0v) is 7.11. The van der Waals surface area contributed by atoms with E-state index in [1.54, 1.807) is 18.3 Å². The molecule has 0 aliphatic rings. The van der Waals surface area contributed by atoms with E-state index in [4.69, 9.17) is 0 Å². The highest BCUT2D eigenvalue weighted by Crippen LogP contribution is 2.07. The molecule has 0 aliphatic carbocycles. The molecule has 0 N–H and O–H groups in total. The van der Waals surface area contributed by atoms with Crippen LogP contribution in [0.1, 0.15) is 5.69 Å². The fraction of sp³-hybridized carbons (Fsp3) is 0.167. The van der Waals surface area contributed by atoms with E-state index < -0.39 is 4.92 Å². The van der Waals surface area contributed by atoms with E-state index in [0.717, 1.165) is 4.47 Å². The summed E-state index contributed by atoms with van der Waals surface area (Å²) in [5.74, 6) is 0. The minimum absolute atomic E-state index is 0.215. The smallest absolute Gasteiger partial charge is 0.245 e. The molecule has 0 saturated carbocycles. The molecule has 58 valence electrons. The van der Waals surface area contributed by atoms with Crippen LogP contribution in [-0.4, -0.2) is 9.91 Å². The molecule has 1 heterocycles. The number of hydrogen-bond donors (Lipinski definition) is 0. The summed E-state index contributed by atoms with van der Waals surface area (Å²) in [5.41, 5.74) is 0.471. The van der Waals surface area contributed by atoms with Crippen LogP contribution in [0.4, 0.5) is 0 Å². The van der Waals surface area contributed by atoms with E-state index in [1.165, 1.54) is 0 Å². The van der Waals surface area contributed by atoms with Crippen molar-refractivity contribution in [2.45, 2.75) is 6.54 Å². The van der Waals surface area contributed by atoms with Gasteiger partial charge in [0.05, 0.1) is 0 Å². The summed E-state index contributed by atoms with van der Waals surface area (Å²) in [6, 6.07) is 3.35. The van der Waals surface area contributed by atoms with E-state index in [1.807, 2.05) is 0 Å². The molecule has 5 heteroatoms. The Labute approximate surface area is 71.5 Å². The van der Waals surface area contributed by atoms with Gasteiger partial charge in [-0.1, -0.05) is 0 Å². The molecule has 0 bridgehead atoms. The quantitative estimate of drug-likeness (QED) is 0.558. The summed E-state index contributed by atoms with van der Waals surface area (Å²) in [7, 11) is 0.